The summed E-state index contributed by atoms with van der Waals surface area (Å²) >= 11 is 1.51. The second-order valence-corrected chi connectivity index (χ2v) is 4.39. The van der Waals surface area contributed by atoms with Crippen LogP contribution >= 0.6 is 11.5 Å². The molecule has 1 N–H and O–H groups in total. The molecule has 0 amide bonds. The molecule has 2 aromatic carbocycles. The summed E-state index contributed by atoms with van der Waals surface area (Å²) < 4.78 is 2.84. The molecule has 0 radical (unpaired) electrons. The van der Waals surface area contributed by atoms with Gasteiger partial charge in [0.2, 0.25) is 0 Å². The molecule has 0 atom stereocenters. The van der Waals surface area contributed by atoms with Gasteiger partial charge >= 0.3 is 0 Å². The van der Waals surface area contributed by atoms with Crippen LogP contribution in [0.5, 0.6) is 5.75 Å². The summed E-state index contributed by atoms with van der Waals surface area (Å²) in [6, 6.07) is 15.1. The van der Waals surface area contributed by atoms with Crippen molar-refractivity contribution in [3.8, 4) is 11.4 Å². The van der Waals surface area contributed by atoms with Crippen molar-refractivity contribution in [2.75, 3.05) is 0 Å². The number of hydrogen-bond acceptors (Lipinski definition) is 3. The molecule has 80 valence electrons. The predicted octanol–water partition coefficient (Wildman–Crippen LogP) is 2.28. The van der Waals surface area contributed by atoms with Gasteiger partial charge in [-0.25, -0.2) is 0 Å². The Labute approximate surface area is 115 Å². The molecule has 0 bridgehead atoms. The van der Waals surface area contributed by atoms with Gasteiger partial charge in [0.05, 0.1) is 0 Å². The van der Waals surface area contributed by atoms with Crippen LogP contribution in [0.1, 0.15) is 0 Å². The molecular formula is C12H9N2OSZn+. The quantitative estimate of drug-likeness (QED) is 0.552. The number of phenolic OH excluding ortho intramolecular Hbond substituents is 1. The fourth-order valence-corrected chi connectivity index (χ4v) is 2.47. The third-order valence-electron chi connectivity index (χ3n) is 2.34. The van der Waals surface area contributed by atoms with Gasteiger partial charge in [-0.05, 0) is 18.2 Å². The molecule has 3 nitrogen and oxygen atoms in total. The molecule has 3 rings (SSSR count). The number of aromatic hydroxyl groups is 1. The molecule has 0 spiro atoms. The number of nitrogens with zero attached hydrogens (tertiary/aromatic N) is 2. The second-order valence-electron chi connectivity index (χ2n) is 3.42. The van der Waals surface area contributed by atoms with Crippen LogP contribution in [0, 0.1) is 0 Å². The van der Waals surface area contributed by atoms with Crippen molar-refractivity contribution >= 4 is 21.7 Å². The monoisotopic (exact) mass is 293 g/mol. The average molecular weight is 295 g/mol. The third-order valence-corrected chi connectivity index (χ3v) is 3.33. The van der Waals surface area contributed by atoms with E-state index in [1.54, 1.807) is 16.2 Å². The predicted molar refractivity (Wildman–Crippen MR) is 62.8 cm³/mol. The van der Waals surface area contributed by atoms with Crippen molar-refractivity contribution in [1.29, 1.82) is 0 Å². The van der Waals surface area contributed by atoms with Gasteiger partial charge < -0.3 is 5.11 Å². The summed E-state index contributed by atoms with van der Waals surface area (Å²) in [5.74, 6) is 0.242. The Morgan fingerprint density at radius 3 is 2.47 bits per heavy atom. The van der Waals surface area contributed by atoms with E-state index in [9.17, 15) is 5.11 Å². The zero-order chi connectivity index (χ0) is 11.0. The van der Waals surface area contributed by atoms with E-state index in [1.807, 2.05) is 36.4 Å². The first-order valence-corrected chi connectivity index (χ1v) is 5.69. The molecular weight excluding hydrogens is 286 g/mol. The Hall–Kier alpha value is -1.32. The van der Waals surface area contributed by atoms with Crippen LogP contribution in [0.4, 0.5) is 0 Å². The number of para-hydroxylation sites is 2. The van der Waals surface area contributed by atoms with E-state index >= 15 is 0 Å². The smallest absolute Gasteiger partial charge is 0.294 e. The largest absolute Gasteiger partial charge is 0.502 e. The van der Waals surface area contributed by atoms with E-state index in [0.717, 1.165) is 10.2 Å². The van der Waals surface area contributed by atoms with Crippen LogP contribution in [-0.4, -0.2) is 10.2 Å². The maximum absolute atomic E-state index is 9.73. The van der Waals surface area contributed by atoms with Crippen LogP contribution < -0.4 is 4.07 Å². The minimum Gasteiger partial charge on any atom is -0.502 e. The normalized spacial score (nSPS) is 10.1. The zero-order valence-corrected chi connectivity index (χ0v) is 12.9. The molecule has 0 unspecified atom stereocenters. The fourth-order valence-electron chi connectivity index (χ4n) is 1.56. The number of phenols is 1. The Bertz CT molecular complexity index is 621. The van der Waals surface area contributed by atoms with Gasteiger partial charge in [0.1, 0.15) is 4.70 Å². The van der Waals surface area contributed by atoms with Crippen LogP contribution in [0.25, 0.3) is 15.9 Å². The van der Waals surface area contributed by atoms with Crippen molar-refractivity contribution in [2.24, 2.45) is 0 Å². The minimum absolute atomic E-state index is 0. The SMILES string of the molecule is Oc1ccccc1-[n+]1nc2ccccc2s1.[Zn]. The van der Waals surface area contributed by atoms with Crippen LogP contribution in [0.3, 0.4) is 0 Å². The van der Waals surface area contributed by atoms with Crippen molar-refractivity contribution in [3.63, 3.8) is 0 Å². The third kappa shape index (κ3) is 2.21. The molecule has 5 heteroatoms. The Balaban J connectivity index is 0.00000108. The van der Waals surface area contributed by atoms with Gasteiger partial charge in [-0.2, -0.15) is 0 Å². The fraction of sp³-hybridized carbons (Fsp3) is 0. The minimum atomic E-state index is 0. The number of rotatable bonds is 1. The van der Waals surface area contributed by atoms with E-state index in [1.165, 1.54) is 11.5 Å². The number of benzene rings is 2. The van der Waals surface area contributed by atoms with Gasteiger partial charge in [-0.15, -0.1) is 0 Å². The van der Waals surface area contributed by atoms with Crippen LogP contribution in [0.15, 0.2) is 48.5 Å². The molecule has 0 aliphatic rings. The van der Waals surface area contributed by atoms with Gasteiger partial charge in [0.25, 0.3) is 5.69 Å². The summed E-state index contributed by atoms with van der Waals surface area (Å²) in [7, 11) is 0. The zero-order valence-electron chi connectivity index (χ0n) is 9.08. The van der Waals surface area contributed by atoms with Crippen LogP contribution in [-0.2, 0) is 19.5 Å². The maximum Gasteiger partial charge on any atom is 0.294 e. The van der Waals surface area contributed by atoms with Gasteiger partial charge in [-0.3, -0.25) is 0 Å². The maximum atomic E-state index is 9.73. The first-order chi connectivity index (χ1) is 7.84. The summed E-state index contributed by atoms with van der Waals surface area (Å²) in [5.41, 5.74) is 1.65. The Morgan fingerprint density at radius 1 is 1.00 bits per heavy atom. The summed E-state index contributed by atoms with van der Waals surface area (Å²) in [5, 5.41) is 14.2. The molecule has 1 heterocycles. The molecule has 17 heavy (non-hydrogen) atoms. The van der Waals surface area contributed by atoms with Crippen molar-refractivity contribution in [2.45, 2.75) is 0 Å². The molecule has 1 aromatic heterocycles. The molecule has 0 saturated carbocycles. The second kappa shape index (κ2) is 4.90. The van der Waals surface area contributed by atoms with E-state index in [4.69, 9.17) is 0 Å². The van der Waals surface area contributed by atoms with E-state index in [2.05, 4.69) is 5.10 Å². The number of hydrogen-bond donors (Lipinski definition) is 1. The topological polar surface area (TPSA) is 37.0 Å². The van der Waals surface area contributed by atoms with E-state index < -0.39 is 0 Å². The standard InChI is InChI=1S/C12H8N2OS.Zn/c15-11-7-3-2-6-10(11)14-13-9-5-1-4-8-12(9)16-14;/h1-8H;/p+1. The van der Waals surface area contributed by atoms with Gasteiger partial charge in [0, 0.05) is 34.7 Å². The molecule has 0 aliphatic heterocycles. The molecule has 3 aromatic rings. The Kier molecular flexibility index (Phi) is 3.50. The molecule has 0 fully saturated rings. The first kappa shape index (κ1) is 12.1. The summed E-state index contributed by atoms with van der Waals surface area (Å²) in [6.45, 7) is 0. The molecule has 0 saturated heterocycles. The van der Waals surface area contributed by atoms with Crippen molar-refractivity contribution < 1.29 is 28.7 Å². The van der Waals surface area contributed by atoms with Gasteiger partial charge in [0.15, 0.2) is 22.8 Å². The average Bonchev–Trinajstić information content (AvgIpc) is 2.73. The number of aromatic nitrogens is 2. The van der Waals surface area contributed by atoms with E-state index in [-0.39, 0.29) is 25.2 Å². The Morgan fingerprint density at radius 2 is 1.71 bits per heavy atom. The van der Waals surface area contributed by atoms with Crippen molar-refractivity contribution in [1.82, 2.24) is 5.10 Å². The molecule has 0 aliphatic carbocycles. The van der Waals surface area contributed by atoms with Crippen LogP contribution in [0.2, 0.25) is 0 Å². The van der Waals surface area contributed by atoms with E-state index in [0.29, 0.717) is 5.69 Å². The number of fused-ring (bicyclic) bond motifs is 1. The first-order valence-electron chi connectivity index (χ1n) is 4.91. The van der Waals surface area contributed by atoms with Gasteiger partial charge in [-0.1, -0.05) is 24.3 Å². The summed E-state index contributed by atoms with van der Waals surface area (Å²) in [6.07, 6.45) is 0. The van der Waals surface area contributed by atoms with Crippen molar-refractivity contribution in [3.05, 3.63) is 48.5 Å². The summed E-state index contributed by atoms with van der Waals surface area (Å²) in [4.78, 5) is 0.